The Morgan fingerprint density at radius 1 is 0.810 bits per heavy atom. The second-order valence-corrected chi connectivity index (χ2v) is 5.22. The summed E-state index contributed by atoms with van der Waals surface area (Å²) in [6.45, 7) is 5.21. The summed E-state index contributed by atoms with van der Waals surface area (Å²) in [7, 11) is 0. The van der Waals surface area contributed by atoms with Gasteiger partial charge in [-0.15, -0.1) is 0 Å². The van der Waals surface area contributed by atoms with Gasteiger partial charge in [0, 0.05) is 12.5 Å². The van der Waals surface area contributed by atoms with E-state index in [0.717, 1.165) is 18.9 Å². The molecule has 0 spiro atoms. The summed E-state index contributed by atoms with van der Waals surface area (Å²) in [5.74, 6) is -1.64. The first-order valence-corrected chi connectivity index (χ1v) is 8.11. The maximum absolute atomic E-state index is 10.3. The molecule has 2 N–H and O–H groups in total. The zero-order valence-corrected chi connectivity index (χ0v) is 13.5. The average Bonchev–Trinajstić information content (AvgIpc) is 2.45. The molecule has 124 valence electrons. The van der Waals surface area contributed by atoms with Crippen LogP contribution in [0.25, 0.3) is 0 Å². The molecule has 21 heavy (non-hydrogen) atoms. The maximum Gasteiger partial charge on any atom is 0.327 e. The van der Waals surface area contributed by atoms with Gasteiger partial charge in [0.1, 0.15) is 0 Å². The van der Waals surface area contributed by atoms with Gasteiger partial charge >= 0.3 is 11.9 Å². The molecule has 0 saturated heterocycles. The van der Waals surface area contributed by atoms with E-state index in [1.54, 1.807) is 0 Å². The summed E-state index contributed by atoms with van der Waals surface area (Å²) in [6, 6.07) is 0. The predicted molar refractivity (Wildman–Crippen MR) is 86.5 cm³/mol. The largest absolute Gasteiger partial charge is 0.481 e. The highest BCUT2D eigenvalue weighted by Gasteiger charge is 1.96. The normalized spacial score (nSPS) is 9.57. The molecule has 4 nitrogen and oxygen atoms in total. The van der Waals surface area contributed by atoms with E-state index in [0.29, 0.717) is 6.42 Å². The lowest BCUT2D eigenvalue weighted by atomic mass is 10.1. The fourth-order valence-corrected chi connectivity index (χ4v) is 1.94. The zero-order chi connectivity index (χ0) is 16.3. The Morgan fingerprint density at radius 2 is 1.14 bits per heavy atom. The smallest absolute Gasteiger partial charge is 0.327 e. The number of carboxylic acid groups (broad SMARTS) is 2. The summed E-state index contributed by atoms with van der Waals surface area (Å²) in [5.41, 5.74) is 0. The summed E-state index contributed by atoms with van der Waals surface area (Å²) >= 11 is 0. The molecule has 0 aromatic carbocycles. The highest BCUT2D eigenvalue weighted by molar-refractivity contribution is 5.78. The van der Waals surface area contributed by atoms with Crippen LogP contribution in [0.3, 0.4) is 0 Å². The average molecular weight is 300 g/mol. The Kier molecular flexibility index (Phi) is 19.5. The van der Waals surface area contributed by atoms with Crippen LogP contribution in [0.5, 0.6) is 0 Å². The number of unbranched alkanes of at least 4 members (excludes halogenated alkanes) is 10. The van der Waals surface area contributed by atoms with Crippen molar-refractivity contribution in [2.75, 3.05) is 0 Å². The molecule has 0 radical (unpaired) electrons. The lowest BCUT2D eigenvalue weighted by Crippen LogP contribution is -1.93. The SMILES string of the molecule is C=CC(=O)O.CCCCCCCCCCCCCC(=O)O. The standard InChI is InChI=1S/C14H28O2.C3H4O2/c1-2-3-4-5-6-7-8-9-10-11-12-13-14(15)16;1-2-3(4)5/h2-13H2,1H3,(H,15,16);2H,1H2,(H,4,5). The van der Waals surface area contributed by atoms with E-state index >= 15 is 0 Å². The third-order valence-electron chi connectivity index (χ3n) is 3.17. The van der Waals surface area contributed by atoms with Gasteiger partial charge in [-0.25, -0.2) is 4.79 Å². The van der Waals surface area contributed by atoms with E-state index in [1.165, 1.54) is 57.8 Å². The van der Waals surface area contributed by atoms with Crippen LogP contribution in [0.1, 0.15) is 84.0 Å². The van der Waals surface area contributed by atoms with E-state index in [1.807, 2.05) is 0 Å². The lowest BCUT2D eigenvalue weighted by molar-refractivity contribution is -0.137. The number of rotatable bonds is 13. The number of hydrogen-bond donors (Lipinski definition) is 2. The number of carbonyl (C=O) groups is 2. The van der Waals surface area contributed by atoms with Gasteiger partial charge in [0.05, 0.1) is 0 Å². The Balaban J connectivity index is 0. The van der Waals surface area contributed by atoms with Crippen molar-refractivity contribution in [3.8, 4) is 0 Å². The Labute approximate surface area is 129 Å². The van der Waals surface area contributed by atoms with Crippen LogP contribution in [-0.2, 0) is 9.59 Å². The van der Waals surface area contributed by atoms with Gasteiger partial charge in [-0.3, -0.25) is 4.79 Å². The van der Waals surface area contributed by atoms with Gasteiger partial charge in [0.2, 0.25) is 0 Å². The number of aliphatic carboxylic acids is 2. The molecule has 0 aromatic heterocycles. The summed E-state index contributed by atoms with van der Waals surface area (Å²) in [6.07, 6.45) is 15.2. The van der Waals surface area contributed by atoms with Crippen LogP contribution in [0.15, 0.2) is 12.7 Å². The van der Waals surface area contributed by atoms with Crippen molar-refractivity contribution in [3.05, 3.63) is 12.7 Å². The molecule has 0 aliphatic heterocycles. The quantitative estimate of drug-likeness (QED) is 0.369. The van der Waals surface area contributed by atoms with E-state index < -0.39 is 11.9 Å². The van der Waals surface area contributed by atoms with Crippen LogP contribution in [0.4, 0.5) is 0 Å². The van der Waals surface area contributed by atoms with Gasteiger partial charge in [-0.2, -0.15) is 0 Å². The van der Waals surface area contributed by atoms with Gasteiger partial charge in [0.25, 0.3) is 0 Å². The fraction of sp³-hybridized carbons (Fsp3) is 0.765. The first-order chi connectivity index (χ1) is 10.0. The van der Waals surface area contributed by atoms with Gasteiger partial charge < -0.3 is 10.2 Å². The monoisotopic (exact) mass is 300 g/mol. The topological polar surface area (TPSA) is 74.6 Å². The van der Waals surface area contributed by atoms with Gasteiger partial charge in [-0.1, -0.05) is 77.7 Å². The molecule has 0 aromatic rings. The minimum Gasteiger partial charge on any atom is -0.481 e. The molecule has 0 saturated carbocycles. The van der Waals surface area contributed by atoms with Crippen molar-refractivity contribution in [1.29, 1.82) is 0 Å². The molecular weight excluding hydrogens is 268 g/mol. The molecule has 0 atom stereocenters. The maximum atomic E-state index is 10.3. The second kappa shape index (κ2) is 18.7. The summed E-state index contributed by atoms with van der Waals surface area (Å²) in [4.78, 5) is 19.5. The molecular formula is C17H32O4. The minimum absolute atomic E-state index is 0.344. The fourth-order valence-electron chi connectivity index (χ4n) is 1.94. The molecule has 0 aliphatic rings. The molecule has 0 unspecified atom stereocenters. The second-order valence-electron chi connectivity index (χ2n) is 5.22. The van der Waals surface area contributed by atoms with Gasteiger partial charge in [0.15, 0.2) is 0 Å². The van der Waals surface area contributed by atoms with Crippen molar-refractivity contribution < 1.29 is 19.8 Å². The van der Waals surface area contributed by atoms with Crippen molar-refractivity contribution in [3.63, 3.8) is 0 Å². The van der Waals surface area contributed by atoms with E-state index in [4.69, 9.17) is 10.2 Å². The molecule has 0 fully saturated rings. The predicted octanol–water partition coefficient (Wildman–Crippen LogP) is 5.03. The number of hydrogen-bond acceptors (Lipinski definition) is 2. The van der Waals surface area contributed by atoms with Crippen LogP contribution in [-0.4, -0.2) is 22.2 Å². The van der Waals surface area contributed by atoms with Crippen LogP contribution in [0.2, 0.25) is 0 Å². The summed E-state index contributed by atoms with van der Waals surface area (Å²) < 4.78 is 0. The van der Waals surface area contributed by atoms with Crippen molar-refractivity contribution in [2.24, 2.45) is 0 Å². The molecule has 4 heteroatoms. The third kappa shape index (κ3) is 27.8. The summed E-state index contributed by atoms with van der Waals surface area (Å²) in [5, 5.41) is 16.1. The van der Waals surface area contributed by atoms with Crippen molar-refractivity contribution in [1.82, 2.24) is 0 Å². The zero-order valence-electron chi connectivity index (χ0n) is 13.5. The first-order valence-electron chi connectivity index (χ1n) is 8.11. The van der Waals surface area contributed by atoms with E-state index in [9.17, 15) is 9.59 Å². The van der Waals surface area contributed by atoms with Crippen LogP contribution in [0, 0.1) is 0 Å². The third-order valence-corrected chi connectivity index (χ3v) is 3.17. The Morgan fingerprint density at radius 3 is 1.43 bits per heavy atom. The lowest BCUT2D eigenvalue weighted by Gasteiger charge is -2.01. The van der Waals surface area contributed by atoms with Crippen molar-refractivity contribution in [2.45, 2.75) is 84.0 Å². The van der Waals surface area contributed by atoms with Crippen LogP contribution >= 0.6 is 0 Å². The highest BCUT2D eigenvalue weighted by Crippen LogP contribution is 2.11. The van der Waals surface area contributed by atoms with Gasteiger partial charge in [-0.05, 0) is 6.42 Å². The molecule has 0 aliphatic carbocycles. The van der Waals surface area contributed by atoms with Crippen LogP contribution < -0.4 is 0 Å². The van der Waals surface area contributed by atoms with Crippen molar-refractivity contribution >= 4 is 11.9 Å². The Hall–Kier alpha value is -1.32. The molecule has 0 rings (SSSR count). The van der Waals surface area contributed by atoms with E-state index in [2.05, 4.69) is 13.5 Å². The first kappa shape index (κ1) is 22.0. The van der Waals surface area contributed by atoms with E-state index in [-0.39, 0.29) is 0 Å². The minimum atomic E-state index is -0.981. The number of carboxylic acids is 2. The highest BCUT2D eigenvalue weighted by atomic mass is 16.4. The molecule has 0 bridgehead atoms. The molecule has 0 heterocycles. The Bertz CT molecular complexity index is 262. The molecule has 0 amide bonds.